The van der Waals surface area contributed by atoms with E-state index in [4.69, 9.17) is 21.7 Å². The molecule has 1 aliphatic heterocycles. The second-order valence-electron chi connectivity index (χ2n) is 9.35. The summed E-state index contributed by atoms with van der Waals surface area (Å²) in [5.41, 5.74) is 3.29. The Bertz CT molecular complexity index is 1690. The Kier molecular flexibility index (Phi) is 7.05. The number of non-ortho nitro benzene ring substituents is 1. The van der Waals surface area contributed by atoms with E-state index in [-0.39, 0.29) is 17.8 Å². The summed E-state index contributed by atoms with van der Waals surface area (Å²) < 4.78 is 13.2. The van der Waals surface area contributed by atoms with Crippen LogP contribution in [0.25, 0.3) is 5.69 Å². The van der Waals surface area contributed by atoms with Gasteiger partial charge < -0.3 is 24.3 Å². The minimum Gasteiger partial charge on any atom is -0.497 e. The molecule has 1 saturated heterocycles. The fourth-order valence-electron chi connectivity index (χ4n) is 5.01. The maximum absolute atomic E-state index is 11.5. The van der Waals surface area contributed by atoms with Gasteiger partial charge in [-0.1, -0.05) is 12.1 Å². The van der Waals surface area contributed by atoms with Crippen LogP contribution in [0.3, 0.4) is 0 Å². The monoisotopic (exact) mass is 563 g/mol. The van der Waals surface area contributed by atoms with Crippen molar-refractivity contribution in [2.75, 3.05) is 12.0 Å². The molecule has 1 fully saturated rings. The quantitative estimate of drug-likeness (QED) is 0.126. The highest BCUT2D eigenvalue weighted by Gasteiger charge is 2.42. The molecular formula is C31H25N5O4S. The van der Waals surface area contributed by atoms with Gasteiger partial charge in [-0.05, 0) is 91.1 Å². The number of aromatic nitrogens is 2. The van der Waals surface area contributed by atoms with Gasteiger partial charge in [0.25, 0.3) is 5.69 Å². The first kappa shape index (κ1) is 26.0. The van der Waals surface area contributed by atoms with Crippen molar-refractivity contribution < 1.29 is 14.4 Å². The molecule has 2 aromatic heterocycles. The molecule has 1 aliphatic rings. The van der Waals surface area contributed by atoms with Gasteiger partial charge >= 0.3 is 0 Å². The molecule has 0 radical (unpaired) electrons. The first-order chi connectivity index (χ1) is 20.0. The summed E-state index contributed by atoms with van der Waals surface area (Å²) in [6, 6.07) is 30.8. The number of thiocarbonyl (C=S) groups is 1. The molecule has 10 heteroatoms. The van der Waals surface area contributed by atoms with Crippen molar-refractivity contribution in [2.24, 2.45) is 0 Å². The smallest absolute Gasteiger partial charge is 0.271 e. The van der Waals surface area contributed by atoms with Gasteiger partial charge in [0.05, 0.1) is 29.5 Å². The van der Waals surface area contributed by atoms with Crippen LogP contribution in [0.1, 0.15) is 23.5 Å². The first-order valence-corrected chi connectivity index (χ1v) is 13.3. The summed E-state index contributed by atoms with van der Waals surface area (Å²) in [6.45, 7) is 0. The van der Waals surface area contributed by atoms with Gasteiger partial charge in [0.15, 0.2) is 5.11 Å². The summed E-state index contributed by atoms with van der Waals surface area (Å²) >= 11 is 5.87. The maximum Gasteiger partial charge on any atom is 0.271 e. The fourth-order valence-corrected chi connectivity index (χ4v) is 5.36. The van der Waals surface area contributed by atoms with E-state index < -0.39 is 4.92 Å². The number of rotatable bonds is 8. The van der Waals surface area contributed by atoms with E-state index in [0.29, 0.717) is 22.3 Å². The molecule has 0 amide bonds. The summed E-state index contributed by atoms with van der Waals surface area (Å²) in [6.07, 6.45) is 3.65. The van der Waals surface area contributed by atoms with E-state index >= 15 is 0 Å². The number of methoxy groups -OCH3 is 1. The van der Waals surface area contributed by atoms with Crippen LogP contribution >= 0.6 is 12.2 Å². The molecule has 3 heterocycles. The van der Waals surface area contributed by atoms with Crippen LogP contribution in [0.15, 0.2) is 116 Å². The third-order valence-corrected chi connectivity index (χ3v) is 7.22. The van der Waals surface area contributed by atoms with Crippen LogP contribution in [0.2, 0.25) is 0 Å². The summed E-state index contributed by atoms with van der Waals surface area (Å²) in [5.74, 6) is 2.13. The number of nitro groups is 1. The SMILES string of the molecule is COc1ccc(Oc2ccc(N3C(=S)NC(c4ccccn4)C3c3cccn3-c3cccc([N+](=O)[O-])c3)cc2)cc1. The van der Waals surface area contributed by atoms with Gasteiger partial charge in [-0.15, -0.1) is 0 Å². The zero-order valence-corrected chi connectivity index (χ0v) is 22.8. The van der Waals surface area contributed by atoms with Crippen LogP contribution in [-0.2, 0) is 0 Å². The minimum absolute atomic E-state index is 0.0211. The lowest BCUT2D eigenvalue weighted by Gasteiger charge is -2.29. The van der Waals surface area contributed by atoms with E-state index in [2.05, 4.69) is 15.2 Å². The number of anilines is 1. The van der Waals surface area contributed by atoms with E-state index in [0.717, 1.165) is 22.8 Å². The normalized spacial score (nSPS) is 16.3. The van der Waals surface area contributed by atoms with E-state index in [1.165, 1.54) is 6.07 Å². The molecule has 204 valence electrons. The average molecular weight is 564 g/mol. The van der Waals surface area contributed by atoms with Crippen LogP contribution in [-0.4, -0.2) is 26.7 Å². The molecule has 2 unspecified atom stereocenters. The Morgan fingerprint density at radius 1 is 0.878 bits per heavy atom. The lowest BCUT2D eigenvalue weighted by Crippen LogP contribution is -2.30. The highest BCUT2D eigenvalue weighted by molar-refractivity contribution is 7.80. The molecule has 0 saturated carbocycles. The molecule has 5 aromatic rings. The summed E-state index contributed by atoms with van der Waals surface area (Å²) in [5, 5.41) is 15.5. The second-order valence-corrected chi connectivity index (χ2v) is 9.73. The highest BCUT2D eigenvalue weighted by Crippen LogP contribution is 2.43. The van der Waals surface area contributed by atoms with E-state index in [1.54, 1.807) is 25.4 Å². The Morgan fingerprint density at radius 3 is 2.29 bits per heavy atom. The third-order valence-electron chi connectivity index (χ3n) is 6.91. The minimum atomic E-state index is -0.391. The largest absolute Gasteiger partial charge is 0.497 e. The van der Waals surface area contributed by atoms with Crippen molar-refractivity contribution >= 4 is 28.7 Å². The molecule has 41 heavy (non-hydrogen) atoms. The molecule has 0 bridgehead atoms. The van der Waals surface area contributed by atoms with Gasteiger partial charge in [0.2, 0.25) is 0 Å². The lowest BCUT2D eigenvalue weighted by atomic mass is 10.0. The van der Waals surface area contributed by atoms with Crippen molar-refractivity contribution in [3.8, 4) is 22.9 Å². The molecule has 9 nitrogen and oxygen atoms in total. The number of hydrogen-bond acceptors (Lipinski definition) is 6. The predicted octanol–water partition coefficient (Wildman–Crippen LogP) is 6.76. The predicted molar refractivity (Wildman–Crippen MR) is 160 cm³/mol. The Hall–Kier alpha value is -5.22. The van der Waals surface area contributed by atoms with Crippen molar-refractivity contribution in [3.05, 3.63) is 137 Å². The molecule has 0 spiro atoms. The maximum atomic E-state index is 11.5. The average Bonchev–Trinajstić information content (AvgIpc) is 3.63. The molecular weight excluding hydrogens is 538 g/mol. The van der Waals surface area contributed by atoms with E-state index in [1.807, 2.05) is 95.7 Å². The van der Waals surface area contributed by atoms with Gasteiger partial charge in [-0.25, -0.2) is 0 Å². The number of nitro benzene ring substituents is 1. The van der Waals surface area contributed by atoms with Gasteiger partial charge in [-0.2, -0.15) is 0 Å². The van der Waals surface area contributed by atoms with Crippen LogP contribution in [0.5, 0.6) is 17.2 Å². The van der Waals surface area contributed by atoms with Crippen molar-refractivity contribution in [1.82, 2.24) is 14.9 Å². The van der Waals surface area contributed by atoms with E-state index in [9.17, 15) is 10.1 Å². The Balaban J connectivity index is 1.38. The van der Waals surface area contributed by atoms with Crippen molar-refractivity contribution in [1.29, 1.82) is 0 Å². The first-order valence-electron chi connectivity index (χ1n) is 12.9. The van der Waals surface area contributed by atoms with Gasteiger partial charge in [0.1, 0.15) is 23.3 Å². The number of benzene rings is 3. The Morgan fingerprint density at radius 2 is 1.61 bits per heavy atom. The molecule has 0 aliphatic carbocycles. The van der Waals surface area contributed by atoms with Gasteiger partial charge in [-0.3, -0.25) is 15.1 Å². The topological polar surface area (TPSA) is 94.7 Å². The van der Waals surface area contributed by atoms with Crippen molar-refractivity contribution in [2.45, 2.75) is 12.1 Å². The summed E-state index contributed by atoms with van der Waals surface area (Å²) in [7, 11) is 1.62. The zero-order valence-electron chi connectivity index (χ0n) is 22.0. The molecule has 3 aromatic carbocycles. The molecule has 6 rings (SSSR count). The van der Waals surface area contributed by atoms with Gasteiger partial charge in [0, 0.05) is 35.9 Å². The second kappa shape index (κ2) is 11.1. The lowest BCUT2D eigenvalue weighted by molar-refractivity contribution is -0.384. The standard InChI is InChI=1S/C31H25N5O4S/c1-39-24-14-16-26(17-15-24)40-25-12-10-21(11-13-25)35-30(29(33-31(35)41)27-8-2-3-18-32-27)28-9-5-19-34(28)22-6-4-7-23(20-22)36(37)38/h2-20,29-30H,1H3,(H,33,41). The highest BCUT2D eigenvalue weighted by atomic mass is 32.1. The molecule has 2 atom stereocenters. The zero-order chi connectivity index (χ0) is 28.3. The van der Waals surface area contributed by atoms with Crippen LogP contribution < -0.4 is 19.7 Å². The van der Waals surface area contributed by atoms with Crippen molar-refractivity contribution in [3.63, 3.8) is 0 Å². The number of ether oxygens (including phenoxy) is 2. The molecule has 1 N–H and O–H groups in total. The third kappa shape index (κ3) is 5.20. The number of hydrogen-bond donors (Lipinski definition) is 1. The number of pyridine rings is 1. The number of nitrogens with one attached hydrogen (secondary N) is 1. The fraction of sp³-hybridized carbons (Fsp3) is 0.0968. The summed E-state index contributed by atoms with van der Waals surface area (Å²) in [4.78, 5) is 17.8. The van der Waals surface area contributed by atoms with Crippen LogP contribution in [0, 0.1) is 10.1 Å². The number of nitrogens with zero attached hydrogens (tertiary/aromatic N) is 4. The van der Waals surface area contributed by atoms with Crippen LogP contribution in [0.4, 0.5) is 11.4 Å². The Labute approximate surface area is 241 Å².